The van der Waals surface area contributed by atoms with Gasteiger partial charge in [0.05, 0.1) is 6.61 Å². The second-order valence-corrected chi connectivity index (χ2v) is 3.75. The predicted octanol–water partition coefficient (Wildman–Crippen LogP) is 1.61. The Morgan fingerprint density at radius 3 is 3.08 bits per heavy atom. The van der Waals surface area contributed by atoms with Crippen LogP contribution < -0.4 is 10.1 Å². The van der Waals surface area contributed by atoms with Crippen LogP contribution in [-0.4, -0.2) is 6.61 Å². The highest BCUT2D eigenvalue weighted by Crippen LogP contribution is 2.33. The molecule has 0 unspecified atom stereocenters. The summed E-state index contributed by atoms with van der Waals surface area (Å²) in [5, 5.41) is 3.36. The third kappa shape index (κ3) is 1.05. The lowest BCUT2D eigenvalue weighted by Gasteiger charge is -2.19. The Morgan fingerprint density at radius 2 is 2.08 bits per heavy atom. The standard InChI is InChI=1S/C11H13NO/c1-2-8-3-4-9-6-12-7-10(9)11(8)13-5-1/h3-4,12H,1-2,5-7H2. The first-order valence-electron chi connectivity index (χ1n) is 4.92. The van der Waals surface area contributed by atoms with Crippen molar-refractivity contribution in [2.45, 2.75) is 25.9 Å². The second-order valence-electron chi connectivity index (χ2n) is 3.75. The molecule has 0 fully saturated rings. The number of fused-ring (bicyclic) bond motifs is 3. The highest BCUT2D eigenvalue weighted by molar-refractivity contribution is 5.49. The lowest BCUT2D eigenvalue weighted by Crippen LogP contribution is -2.10. The van der Waals surface area contributed by atoms with Crippen LogP contribution in [0.5, 0.6) is 5.75 Å². The van der Waals surface area contributed by atoms with E-state index in [0.717, 1.165) is 19.7 Å². The molecule has 13 heavy (non-hydrogen) atoms. The van der Waals surface area contributed by atoms with Gasteiger partial charge in [0.15, 0.2) is 0 Å². The minimum absolute atomic E-state index is 0.892. The van der Waals surface area contributed by atoms with E-state index in [0.29, 0.717) is 0 Å². The van der Waals surface area contributed by atoms with Gasteiger partial charge in [0.2, 0.25) is 0 Å². The molecule has 1 aromatic carbocycles. The lowest BCUT2D eigenvalue weighted by atomic mass is 10.00. The van der Waals surface area contributed by atoms with Gasteiger partial charge < -0.3 is 10.1 Å². The Morgan fingerprint density at radius 1 is 1.15 bits per heavy atom. The van der Waals surface area contributed by atoms with E-state index in [9.17, 15) is 0 Å². The van der Waals surface area contributed by atoms with Crippen LogP contribution in [0.3, 0.4) is 0 Å². The molecule has 0 atom stereocenters. The Labute approximate surface area is 77.9 Å². The van der Waals surface area contributed by atoms with Gasteiger partial charge in [0, 0.05) is 18.7 Å². The molecular weight excluding hydrogens is 162 g/mol. The summed E-state index contributed by atoms with van der Waals surface area (Å²) in [6.45, 7) is 2.88. The van der Waals surface area contributed by atoms with Gasteiger partial charge in [-0.1, -0.05) is 12.1 Å². The van der Waals surface area contributed by atoms with E-state index in [1.165, 1.54) is 35.3 Å². The molecule has 0 saturated carbocycles. The van der Waals surface area contributed by atoms with E-state index in [2.05, 4.69) is 17.4 Å². The van der Waals surface area contributed by atoms with Crippen LogP contribution in [0.1, 0.15) is 23.1 Å². The zero-order valence-electron chi connectivity index (χ0n) is 7.60. The molecule has 0 amide bonds. The largest absolute Gasteiger partial charge is 0.493 e. The Bertz CT molecular complexity index is 346. The number of benzene rings is 1. The summed E-state index contributed by atoms with van der Waals surface area (Å²) in [5.41, 5.74) is 4.21. The topological polar surface area (TPSA) is 21.3 Å². The summed E-state index contributed by atoms with van der Waals surface area (Å²) < 4.78 is 5.73. The highest BCUT2D eigenvalue weighted by Gasteiger charge is 2.20. The van der Waals surface area contributed by atoms with Crippen LogP contribution >= 0.6 is 0 Å². The minimum atomic E-state index is 0.892. The van der Waals surface area contributed by atoms with Gasteiger partial charge in [0.25, 0.3) is 0 Å². The van der Waals surface area contributed by atoms with Crippen molar-refractivity contribution in [3.8, 4) is 5.75 Å². The summed E-state index contributed by atoms with van der Waals surface area (Å²) in [6.07, 6.45) is 2.35. The maximum atomic E-state index is 5.73. The van der Waals surface area contributed by atoms with Crippen LogP contribution in [0, 0.1) is 0 Å². The van der Waals surface area contributed by atoms with Crippen molar-refractivity contribution in [2.75, 3.05) is 6.61 Å². The van der Waals surface area contributed by atoms with E-state index in [1.807, 2.05) is 0 Å². The molecule has 0 aliphatic carbocycles. The fourth-order valence-electron chi connectivity index (χ4n) is 2.21. The average molecular weight is 175 g/mol. The first-order chi connectivity index (χ1) is 6.45. The summed E-state index contributed by atoms with van der Waals surface area (Å²) in [7, 11) is 0. The van der Waals surface area contributed by atoms with Crippen molar-refractivity contribution in [2.24, 2.45) is 0 Å². The number of rotatable bonds is 0. The fraction of sp³-hybridized carbons (Fsp3) is 0.455. The van der Waals surface area contributed by atoms with Crippen LogP contribution in [0.25, 0.3) is 0 Å². The third-order valence-corrected chi connectivity index (χ3v) is 2.89. The number of ether oxygens (including phenoxy) is 1. The molecule has 1 N–H and O–H groups in total. The molecule has 0 saturated heterocycles. The monoisotopic (exact) mass is 175 g/mol. The summed E-state index contributed by atoms with van der Waals surface area (Å²) in [5.74, 6) is 1.17. The van der Waals surface area contributed by atoms with Gasteiger partial charge in [-0.15, -0.1) is 0 Å². The van der Waals surface area contributed by atoms with Crippen LogP contribution in [-0.2, 0) is 19.5 Å². The molecule has 2 nitrogen and oxygen atoms in total. The lowest BCUT2D eigenvalue weighted by molar-refractivity contribution is 0.285. The van der Waals surface area contributed by atoms with E-state index in [1.54, 1.807) is 0 Å². The van der Waals surface area contributed by atoms with E-state index in [-0.39, 0.29) is 0 Å². The molecule has 0 aromatic heterocycles. The molecule has 2 heteroatoms. The second kappa shape index (κ2) is 2.74. The maximum Gasteiger partial charge on any atom is 0.127 e. The smallest absolute Gasteiger partial charge is 0.127 e. The Balaban J connectivity index is 2.17. The van der Waals surface area contributed by atoms with Crippen molar-refractivity contribution in [3.05, 3.63) is 28.8 Å². The number of aryl methyl sites for hydroxylation is 1. The van der Waals surface area contributed by atoms with E-state index >= 15 is 0 Å². The van der Waals surface area contributed by atoms with Crippen LogP contribution in [0.15, 0.2) is 12.1 Å². The van der Waals surface area contributed by atoms with Crippen molar-refractivity contribution in [3.63, 3.8) is 0 Å². The van der Waals surface area contributed by atoms with Crippen molar-refractivity contribution >= 4 is 0 Å². The number of hydrogen-bond donors (Lipinski definition) is 1. The summed E-state index contributed by atoms with van der Waals surface area (Å²) >= 11 is 0. The zero-order chi connectivity index (χ0) is 8.67. The summed E-state index contributed by atoms with van der Waals surface area (Å²) in [6, 6.07) is 4.46. The van der Waals surface area contributed by atoms with Crippen molar-refractivity contribution in [1.82, 2.24) is 5.32 Å². The van der Waals surface area contributed by atoms with Gasteiger partial charge in [-0.25, -0.2) is 0 Å². The first-order valence-corrected chi connectivity index (χ1v) is 4.92. The molecule has 68 valence electrons. The predicted molar refractivity (Wildman–Crippen MR) is 50.8 cm³/mol. The zero-order valence-corrected chi connectivity index (χ0v) is 7.60. The molecule has 0 radical (unpaired) electrons. The molecule has 2 aliphatic heterocycles. The molecule has 0 spiro atoms. The van der Waals surface area contributed by atoms with Gasteiger partial charge in [-0.05, 0) is 24.0 Å². The van der Waals surface area contributed by atoms with Crippen molar-refractivity contribution in [1.29, 1.82) is 0 Å². The molecule has 0 bridgehead atoms. The van der Waals surface area contributed by atoms with Crippen molar-refractivity contribution < 1.29 is 4.74 Å². The van der Waals surface area contributed by atoms with Gasteiger partial charge in [-0.2, -0.15) is 0 Å². The first kappa shape index (κ1) is 7.39. The van der Waals surface area contributed by atoms with Crippen LogP contribution in [0.4, 0.5) is 0 Å². The number of hydrogen-bond acceptors (Lipinski definition) is 2. The average Bonchev–Trinajstić information content (AvgIpc) is 2.65. The third-order valence-electron chi connectivity index (χ3n) is 2.89. The Hall–Kier alpha value is -1.02. The fourth-order valence-corrected chi connectivity index (χ4v) is 2.21. The minimum Gasteiger partial charge on any atom is -0.493 e. The quantitative estimate of drug-likeness (QED) is 0.647. The van der Waals surface area contributed by atoms with E-state index in [4.69, 9.17) is 4.74 Å². The van der Waals surface area contributed by atoms with Gasteiger partial charge >= 0.3 is 0 Å². The maximum absolute atomic E-state index is 5.73. The highest BCUT2D eigenvalue weighted by atomic mass is 16.5. The number of nitrogens with one attached hydrogen (secondary N) is 1. The normalized spacial score (nSPS) is 19.1. The molecular formula is C11H13NO. The van der Waals surface area contributed by atoms with E-state index < -0.39 is 0 Å². The molecule has 1 aromatic rings. The molecule has 3 rings (SSSR count). The van der Waals surface area contributed by atoms with Gasteiger partial charge in [0.1, 0.15) is 5.75 Å². The SMILES string of the molecule is c1cc2c(c3c1CNC3)OCCC2. The summed E-state index contributed by atoms with van der Waals surface area (Å²) in [4.78, 5) is 0. The Kier molecular flexibility index (Phi) is 1.56. The van der Waals surface area contributed by atoms with Gasteiger partial charge in [-0.3, -0.25) is 0 Å². The van der Waals surface area contributed by atoms with Crippen LogP contribution in [0.2, 0.25) is 0 Å². The molecule has 2 heterocycles. The molecule has 2 aliphatic rings.